The van der Waals surface area contributed by atoms with Crippen LogP contribution in [0.5, 0.6) is 5.75 Å². The van der Waals surface area contributed by atoms with Crippen LogP contribution in [0.4, 0.5) is 0 Å². The molecule has 1 aliphatic rings. The van der Waals surface area contributed by atoms with Gasteiger partial charge in [-0.2, -0.15) is 0 Å². The smallest absolute Gasteiger partial charge is 0.332 e. The number of hydrogen-bond donors (Lipinski definition) is 2. The third-order valence-corrected chi connectivity index (χ3v) is 3.55. The van der Waals surface area contributed by atoms with Gasteiger partial charge in [-0.15, -0.1) is 11.8 Å². The van der Waals surface area contributed by atoms with Crippen LogP contribution in [0.25, 0.3) is 0 Å². The average Bonchev–Trinajstić information content (AvgIpc) is 2.63. The third-order valence-electron chi connectivity index (χ3n) is 2.29. The Bertz CT molecular complexity index is 480. The molecule has 2 heterocycles. The van der Waals surface area contributed by atoms with Crippen LogP contribution in [0.2, 0.25) is 0 Å². The molecule has 1 aromatic rings. The summed E-state index contributed by atoms with van der Waals surface area (Å²) in [7, 11) is 0. The Morgan fingerprint density at radius 1 is 1.59 bits per heavy atom. The van der Waals surface area contributed by atoms with Gasteiger partial charge in [-0.25, -0.2) is 4.79 Å². The van der Waals surface area contributed by atoms with Crippen LogP contribution in [0.1, 0.15) is 12.6 Å². The van der Waals surface area contributed by atoms with E-state index in [2.05, 4.69) is 9.98 Å². The first-order valence-corrected chi connectivity index (χ1v) is 5.62. The maximum absolute atomic E-state index is 11.0. The Morgan fingerprint density at radius 2 is 2.29 bits per heavy atom. The fourth-order valence-electron chi connectivity index (χ4n) is 1.29. The van der Waals surface area contributed by atoms with Crippen LogP contribution in [-0.4, -0.2) is 67.1 Å². The number of nitrogens with zero attached hydrogens (tertiary/aromatic N) is 2. The van der Waals surface area contributed by atoms with Gasteiger partial charge in [-0.05, 0) is 19.1 Å². The van der Waals surface area contributed by atoms with Crippen LogP contribution in [0.15, 0.2) is 23.3 Å². The molecule has 0 bridgehead atoms. The van der Waals surface area contributed by atoms with Crippen molar-refractivity contribution in [2.45, 2.75) is 12.5 Å². The number of rotatable bonds is 2. The number of carboxylic acids is 1. The summed E-state index contributed by atoms with van der Waals surface area (Å²) in [5, 5.41) is 19.1. The molecular formula is C10H10N2NaO3S. The number of carboxylic acid groups (broad SMARTS) is 1. The van der Waals surface area contributed by atoms with Crippen molar-refractivity contribution >= 4 is 52.3 Å². The van der Waals surface area contributed by atoms with E-state index in [-0.39, 0.29) is 35.3 Å². The summed E-state index contributed by atoms with van der Waals surface area (Å²) in [6, 6.07) is 3.11. The van der Waals surface area contributed by atoms with Crippen molar-refractivity contribution in [1.29, 1.82) is 0 Å². The summed E-state index contributed by atoms with van der Waals surface area (Å²) in [5.74, 6) is -0.595. The van der Waals surface area contributed by atoms with Gasteiger partial charge >= 0.3 is 5.97 Å². The molecule has 1 radical (unpaired) electrons. The van der Waals surface area contributed by atoms with E-state index in [1.165, 1.54) is 24.0 Å². The van der Waals surface area contributed by atoms with Crippen molar-refractivity contribution < 1.29 is 15.0 Å². The molecule has 1 aliphatic heterocycles. The van der Waals surface area contributed by atoms with E-state index in [0.29, 0.717) is 16.5 Å². The number of aliphatic imine (C=N–C) groups is 1. The Balaban J connectivity index is 0.00000144. The van der Waals surface area contributed by atoms with Crippen LogP contribution >= 0.6 is 11.8 Å². The average molecular weight is 261 g/mol. The van der Waals surface area contributed by atoms with E-state index >= 15 is 0 Å². The topological polar surface area (TPSA) is 82.8 Å². The monoisotopic (exact) mass is 261 g/mol. The zero-order valence-corrected chi connectivity index (χ0v) is 12.4. The minimum Gasteiger partial charge on any atom is -0.506 e. The van der Waals surface area contributed by atoms with Crippen molar-refractivity contribution in [2.75, 3.05) is 5.75 Å². The molecule has 2 rings (SSSR count). The first-order valence-electron chi connectivity index (χ1n) is 4.63. The second-order valence-corrected chi connectivity index (χ2v) is 4.62. The van der Waals surface area contributed by atoms with Crippen molar-refractivity contribution in [3.63, 3.8) is 0 Å². The summed E-state index contributed by atoms with van der Waals surface area (Å²) in [6.45, 7) is 1.55. The quantitative estimate of drug-likeness (QED) is 0.767. The Kier molecular flexibility index (Phi) is 4.60. The molecule has 1 aromatic heterocycles. The molecule has 85 valence electrons. The van der Waals surface area contributed by atoms with Gasteiger partial charge in [0, 0.05) is 41.5 Å². The van der Waals surface area contributed by atoms with Crippen molar-refractivity contribution in [1.82, 2.24) is 4.98 Å². The van der Waals surface area contributed by atoms with E-state index in [1.807, 2.05) is 0 Å². The summed E-state index contributed by atoms with van der Waals surface area (Å²) in [4.78, 5) is 19.1. The molecule has 0 aliphatic carbocycles. The summed E-state index contributed by atoms with van der Waals surface area (Å²) < 4.78 is 0. The van der Waals surface area contributed by atoms with Gasteiger partial charge in [0.2, 0.25) is 0 Å². The van der Waals surface area contributed by atoms with Crippen molar-refractivity contribution in [2.24, 2.45) is 4.99 Å². The predicted molar refractivity (Wildman–Crippen MR) is 66.7 cm³/mol. The Labute approximate surface area is 125 Å². The molecule has 0 fully saturated rings. The van der Waals surface area contributed by atoms with Crippen LogP contribution in [0, 0.1) is 0 Å². The number of carbonyl (C=O) groups is 1. The van der Waals surface area contributed by atoms with E-state index in [0.717, 1.165) is 0 Å². The van der Waals surface area contributed by atoms with Gasteiger partial charge in [0.1, 0.15) is 16.5 Å². The molecule has 5 nitrogen and oxygen atoms in total. The normalized spacial score (nSPS) is 22.8. The maximum atomic E-state index is 11.0. The Morgan fingerprint density at radius 3 is 2.82 bits per heavy atom. The number of aromatic hydroxyl groups is 1. The molecule has 2 N–H and O–H groups in total. The minimum atomic E-state index is -1.12. The standard InChI is InChI=1S/C10H10N2O3S.Na/c1-10(9(14)15)5-16-8(12-10)7-6(13)3-2-4-11-7;/h2-4,13H,5H2,1H3,(H,14,15);/t10-;/m1./s1. The molecular weight excluding hydrogens is 251 g/mol. The first kappa shape index (κ1) is 14.5. The van der Waals surface area contributed by atoms with Gasteiger partial charge in [0.15, 0.2) is 5.54 Å². The van der Waals surface area contributed by atoms with Gasteiger partial charge < -0.3 is 10.2 Å². The van der Waals surface area contributed by atoms with E-state index in [9.17, 15) is 9.90 Å². The number of aliphatic carboxylic acids is 1. The molecule has 0 aromatic carbocycles. The molecule has 0 amide bonds. The van der Waals surface area contributed by atoms with Crippen molar-refractivity contribution in [3.05, 3.63) is 24.0 Å². The number of pyridine rings is 1. The first-order chi connectivity index (χ1) is 7.53. The van der Waals surface area contributed by atoms with Gasteiger partial charge in [-0.3, -0.25) is 9.98 Å². The van der Waals surface area contributed by atoms with Crippen LogP contribution in [0.3, 0.4) is 0 Å². The second kappa shape index (κ2) is 5.39. The number of thioether (sulfide) groups is 1. The van der Waals surface area contributed by atoms with E-state index in [4.69, 9.17) is 5.11 Å². The maximum Gasteiger partial charge on any atom is 0.332 e. The fourth-order valence-corrected chi connectivity index (χ4v) is 2.46. The Hall–Kier alpha value is -0.560. The van der Waals surface area contributed by atoms with E-state index < -0.39 is 11.5 Å². The van der Waals surface area contributed by atoms with Crippen LogP contribution < -0.4 is 0 Å². The summed E-state index contributed by atoms with van der Waals surface area (Å²) in [5.41, 5.74) is -0.776. The molecule has 17 heavy (non-hydrogen) atoms. The predicted octanol–water partition coefficient (Wildman–Crippen LogP) is 0.743. The molecule has 0 unspecified atom stereocenters. The SMILES string of the molecule is C[C@]1(C(=O)O)CSC(c2ncccc2O)=N1.[Na]. The largest absolute Gasteiger partial charge is 0.506 e. The second-order valence-electron chi connectivity index (χ2n) is 3.66. The zero-order chi connectivity index (χ0) is 11.8. The fraction of sp³-hybridized carbons (Fsp3) is 0.300. The number of aromatic nitrogens is 1. The van der Waals surface area contributed by atoms with Gasteiger partial charge in [0.05, 0.1) is 0 Å². The van der Waals surface area contributed by atoms with Gasteiger partial charge in [-0.1, -0.05) is 0 Å². The molecule has 0 saturated heterocycles. The van der Waals surface area contributed by atoms with Crippen LogP contribution in [-0.2, 0) is 4.79 Å². The van der Waals surface area contributed by atoms with Crippen molar-refractivity contribution in [3.8, 4) is 5.75 Å². The molecule has 0 saturated carbocycles. The van der Waals surface area contributed by atoms with E-state index in [1.54, 1.807) is 13.0 Å². The minimum absolute atomic E-state index is 0. The molecule has 0 spiro atoms. The third kappa shape index (κ3) is 2.82. The zero-order valence-electron chi connectivity index (χ0n) is 9.54. The molecule has 7 heteroatoms. The van der Waals surface area contributed by atoms with Gasteiger partial charge in [0.25, 0.3) is 0 Å². The summed E-state index contributed by atoms with van der Waals surface area (Å²) >= 11 is 1.29. The summed E-state index contributed by atoms with van der Waals surface area (Å²) in [6.07, 6.45) is 1.54. The molecule has 1 atom stereocenters. The number of hydrogen-bond acceptors (Lipinski definition) is 5.